The average molecular weight is 236 g/mol. The third kappa shape index (κ3) is 1.96. The van der Waals surface area contributed by atoms with Gasteiger partial charge in [-0.3, -0.25) is 0 Å². The average Bonchev–Trinajstić information content (AvgIpc) is 2.95. The van der Waals surface area contributed by atoms with E-state index in [1.54, 1.807) is 12.7 Å². The van der Waals surface area contributed by atoms with Gasteiger partial charge in [0.1, 0.15) is 12.7 Å². The molecule has 0 amide bonds. The van der Waals surface area contributed by atoms with E-state index in [4.69, 9.17) is 0 Å². The zero-order valence-corrected chi connectivity index (χ0v) is 9.72. The molecule has 2 aromatic carbocycles. The molecule has 0 spiro atoms. The Labute approximate surface area is 105 Å². The van der Waals surface area contributed by atoms with Gasteiger partial charge in [-0.25, -0.2) is 9.69 Å². The maximum atomic E-state index is 3.87. The SMILES string of the molecule is c1ccc(N(c2ccccc2)n2cnnc2)cc1. The number of benzene rings is 2. The molecule has 88 valence electrons. The van der Waals surface area contributed by atoms with Gasteiger partial charge in [0.15, 0.2) is 0 Å². The Morgan fingerprint density at radius 3 is 1.56 bits per heavy atom. The van der Waals surface area contributed by atoms with Gasteiger partial charge in [-0.1, -0.05) is 36.4 Å². The smallest absolute Gasteiger partial charge is 0.139 e. The number of para-hydroxylation sites is 2. The van der Waals surface area contributed by atoms with Crippen LogP contribution in [-0.2, 0) is 0 Å². The minimum atomic E-state index is 1.06. The Bertz CT molecular complexity index is 551. The highest BCUT2D eigenvalue weighted by Crippen LogP contribution is 2.24. The standard InChI is InChI=1S/C14H12N4/c1-3-7-13(8-4-1)18(17-11-15-16-12-17)14-9-5-2-6-10-14/h1-12H. The van der Waals surface area contributed by atoms with E-state index in [-0.39, 0.29) is 0 Å². The van der Waals surface area contributed by atoms with E-state index in [9.17, 15) is 0 Å². The summed E-state index contributed by atoms with van der Waals surface area (Å²) in [4.78, 5) is 0. The van der Waals surface area contributed by atoms with Gasteiger partial charge in [-0.15, -0.1) is 10.2 Å². The lowest BCUT2D eigenvalue weighted by Gasteiger charge is -2.24. The van der Waals surface area contributed by atoms with Gasteiger partial charge in [0.2, 0.25) is 0 Å². The maximum Gasteiger partial charge on any atom is 0.139 e. The second-order valence-corrected chi connectivity index (χ2v) is 3.82. The maximum absolute atomic E-state index is 3.87. The molecule has 0 aliphatic carbocycles. The second-order valence-electron chi connectivity index (χ2n) is 3.82. The molecule has 0 bridgehead atoms. The van der Waals surface area contributed by atoms with Gasteiger partial charge in [-0.05, 0) is 24.3 Å². The van der Waals surface area contributed by atoms with Gasteiger partial charge in [0.05, 0.1) is 11.4 Å². The highest BCUT2D eigenvalue weighted by atomic mass is 15.6. The number of nitrogens with zero attached hydrogens (tertiary/aromatic N) is 4. The second kappa shape index (κ2) is 4.71. The summed E-state index contributed by atoms with van der Waals surface area (Å²) in [7, 11) is 0. The van der Waals surface area contributed by atoms with Crippen LogP contribution in [0.25, 0.3) is 0 Å². The van der Waals surface area contributed by atoms with Crippen molar-refractivity contribution in [2.75, 3.05) is 5.01 Å². The molecule has 0 unspecified atom stereocenters. The summed E-state index contributed by atoms with van der Waals surface area (Å²) >= 11 is 0. The lowest BCUT2D eigenvalue weighted by molar-refractivity contribution is 0.811. The molecule has 0 N–H and O–H groups in total. The summed E-state index contributed by atoms with van der Waals surface area (Å²) in [6.45, 7) is 0. The molecule has 0 saturated carbocycles. The quantitative estimate of drug-likeness (QED) is 0.701. The first-order chi connectivity index (χ1) is 8.95. The largest absolute Gasteiger partial charge is 0.247 e. The van der Waals surface area contributed by atoms with Crippen molar-refractivity contribution in [3.63, 3.8) is 0 Å². The van der Waals surface area contributed by atoms with Crippen molar-refractivity contribution < 1.29 is 0 Å². The van der Waals surface area contributed by atoms with E-state index in [0.717, 1.165) is 11.4 Å². The highest BCUT2D eigenvalue weighted by molar-refractivity contribution is 5.62. The Hall–Kier alpha value is -2.62. The molecular weight excluding hydrogens is 224 g/mol. The fourth-order valence-electron chi connectivity index (χ4n) is 1.85. The molecule has 0 aliphatic heterocycles. The summed E-state index contributed by atoms with van der Waals surface area (Å²) < 4.78 is 1.85. The summed E-state index contributed by atoms with van der Waals surface area (Å²) in [5.74, 6) is 0. The molecular formula is C14H12N4. The van der Waals surface area contributed by atoms with Crippen LogP contribution in [0.2, 0.25) is 0 Å². The molecule has 0 aliphatic rings. The van der Waals surface area contributed by atoms with Crippen LogP contribution < -0.4 is 5.01 Å². The number of hydrogen-bond acceptors (Lipinski definition) is 3. The molecule has 18 heavy (non-hydrogen) atoms. The lowest BCUT2D eigenvalue weighted by atomic mass is 10.2. The predicted molar refractivity (Wildman–Crippen MR) is 70.4 cm³/mol. The van der Waals surface area contributed by atoms with Gasteiger partial charge >= 0.3 is 0 Å². The van der Waals surface area contributed by atoms with Gasteiger partial charge in [-0.2, -0.15) is 0 Å². The first-order valence-electron chi connectivity index (χ1n) is 5.70. The predicted octanol–water partition coefficient (Wildman–Crippen LogP) is 2.88. The molecule has 3 rings (SSSR count). The minimum absolute atomic E-state index is 1.06. The number of anilines is 2. The number of hydrogen-bond donors (Lipinski definition) is 0. The highest BCUT2D eigenvalue weighted by Gasteiger charge is 2.10. The summed E-state index contributed by atoms with van der Waals surface area (Å²) in [5.41, 5.74) is 2.12. The number of rotatable bonds is 3. The molecule has 4 nitrogen and oxygen atoms in total. The van der Waals surface area contributed by atoms with Crippen LogP contribution in [0.4, 0.5) is 11.4 Å². The Balaban J connectivity index is 2.11. The normalized spacial score (nSPS) is 10.2. The van der Waals surface area contributed by atoms with Crippen molar-refractivity contribution in [2.24, 2.45) is 0 Å². The van der Waals surface area contributed by atoms with E-state index in [1.165, 1.54) is 0 Å². The third-order valence-electron chi connectivity index (χ3n) is 2.64. The molecule has 0 atom stereocenters. The minimum Gasteiger partial charge on any atom is -0.247 e. The molecule has 3 aromatic rings. The van der Waals surface area contributed by atoms with Crippen molar-refractivity contribution in [1.82, 2.24) is 14.9 Å². The summed E-state index contributed by atoms with van der Waals surface area (Å²) in [5, 5.41) is 9.77. The Kier molecular flexibility index (Phi) is 2.75. The van der Waals surface area contributed by atoms with Crippen LogP contribution in [0.3, 0.4) is 0 Å². The van der Waals surface area contributed by atoms with Crippen LogP contribution in [0.5, 0.6) is 0 Å². The molecule has 0 saturated heterocycles. The van der Waals surface area contributed by atoms with Crippen molar-refractivity contribution in [3.05, 3.63) is 73.3 Å². The van der Waals surface area contributed by atoms with Crippen molar-refractivity contribution in [1.29, 1.82) is 0 Å². The van der Waals surface area contributed by atoms with Crippen molar-refractivity contribution in [3.8, 4) is 0 Å². The van der Waals surface area contributed by atoms with Crippen LogP contribution >= 0.6 is 0 Å². The van der Waals surface area contributed by atoms with Crippen LogP contribution in [-0.4, -0.2) is 14.9 Å². The zero-order chi connectivity index (χ0) is 12.2. The Morgan fingerprint density at radius 1 is 0.667 bits per heavy atom. The lowest BCUT2D eigenvalue weighted by Crippen LogP contribution is -2.22. The first kappa shape index (κ1) is 10.5. The summed E-state index contributed by atoms with van der Waals surface area (Å²) in [6.07, 6.45) is 3.36. The molecule has 1 heterocycles. The summed E-state index contributed by atoms with van der Waals surface area (Å²) in [6, 6.07) is 20.2. The fraction of sp³-hybridized carbons (Fsp3) is 0. The van der Waals surface area contributed by atoms with E-state index < -0.39 is 0 Å². The topological polar surface area (TPSA) is 34.0 Å². The monoisotopic (exact) mass is 236 g/mol. The van der Waals surface area contributed by atoms with E-state index >= 15 is 0 Å². The van der Waals surface area contributed by atoms with Crippen molar-refractivity contribution >= 4 is 11.4 Å². The third-order valence-corrected chi connectivity index (χ3v) is 2.64. The first-order valence-corrected chi connectivity index (χ1v) is 5.70. The molecule has 0 fully saturated rings. The van der Waals surface area contributed by atoms with E-state index in [1.807, 2.05) is 70.3 Å². The van der Waals surface area contributed by atoms with Crippen molar-refractivity contribution in [2.45, 2.75) is 0 Å². The van der Waals surface area contributed by atoms with E-state index in [0.29, 0.717) is 0 Å². The van der Waals surface area contributed by atoms with Crippen LogP contribution in [0, 0.1) is 0 Å². The zero-order valence-electron chi connectivity index (χ0n) is 9.72. The van der Waals surface area contributed by atoms with Gasteiger partial charge in [0.25, 0.3) is 0 Å². The number of aromatic nitrogens is 3. The van der Waals surface area contributed by atoms with E-state index in [2.05, 4.69) is 10.2 Å². The molecule has 0 radical (unpaired) electrons. The molecule has 4 heteroatoms. The fourth-order valence-corrected chi connectivity index (χ4v) is 1.85. The van der Waals surface area contributed by atoms with Crippen LogP contribution in [0.15, 0.2) is 73.3 Å². The van der Waals surface area contributed by atoms with Gasteiger partial charge in [0, 0.05) is 0 Å². The Morgan fingerprint density at radius 2 is 1.11 bits per heavy atom. The van der Waals surface area contributed by atoms with Gasteiger partial charge < -0.3 is 0 Å². The van der Waals surface area contributed by atoms with Crippen LogP contribution in [0.1, 0.15) is 0 Å². The molecule has 1 aromatic heterocycles.